The number of rotatable bonds is 4. The summed E-state index contributed by atoms with van der Waals surface area (Å²) in [4.78, 5) is 6.97. The maximum Gasteiger partial charge on any atom is 0.0937 e. The normalized spacial score (nSPS) is 29.8. The average molecular weight is 237 g/mol. The summed E-state index contributed by atoms with van der Waals surface area (Å²) in [5.41, 5.74) is 0. The Bertz CT molecular complexity index is 325. The Morgan fingerprint density at radius 3 is 3.31 bits per heavy atom. The minimum Gasteiger partial charge on any atom is -0.312 e. The molecule has 0 amide bonds. The van der Waals surface area contributed by atoms with E-state index in [9.17, 15) is 0 Å². The van der Waals surface area contributed by atoms with Crippen molar-refractivity contribution in [3.8, 4) is 0 Å². The lowest BCUT2D eigenvalue weighted by atomic mass is 10.1. The van der Waals surface area contributed by atoms with E-state index in [1.807, 2.05) is 6.20 Å². The highest BCUT2D eigenvalue weighted by atomic mass is 32.1. The molecule has 0 spiro atoms. The molecule has 2 saturated heterocycles. The van der Waals surface area contributed by atoms with Gasteiger partial charge in [-0.05, 0) is 25.8 Å². The van der Waals surface area contributed by atoms with Gasteiger partial charge in [0, 0.05) is 43.2 Å². The van der Waals surface area contributed by atoms with Gasteiger partial charge < -0.3 is 5.32 Å². The lowest BCUT2D eigenvalue weighted by Crippen LogP contribution is -2.39. The molecule has 1 aromatic rings. The van der Waals surface area contributed by atoms with Crippen LogP contribution in [0.5, 0.6) is 0 Å². The molecule has 0 bridgehead atoms. The zero-order valence-electron chi connectivity index (χ0n) is 9.56. The summed E-state index contributed by atoms with van der Waals surface area (Å²) >= 11 is 1.76. The Labute approximate surface area is 101 Å². The van der Waals surface area contributed by atoms with Gasteiger partial charge in [-0.15, -0.1) is 11.3 Å². The second-order valence-electron chi connectivity index (χ2n) is 4.77. The van der Waals surface area contributed by atoms with Crippen LogP contribution in [0.1, 0.15) is 24.3 Å². The third kappa shape index (κ3) is 2.14. The fourth-order valence-corrected chi connectivity index (χ4v) is 3.68. The van der Waals surface area contributed by atoms with Crippen molar-refractivity contribution in [1.82, 2.24) is 15.2 Å². The molecule has 3 nitrogen and oxygen atoms in total. The van der Waals surface area contributed by atoms with Crippen LogP contribution in [0.25, 0.3) is 0 Å². The Kier molecular flexibility index (Phi) is 3.22. The number of nitrogens with one attached hydrogen (secondary N) is 1. The van der Waals surface area contributed by atoms with Crippen LogP contribution < -0.4 is 5.32 Å². The number of thiazole rings is 1. The quantitative estimate of drug-likeness (QED) is 0.860. The Morgan fingerprint density at radius 1 is 1.44 bits per heavy atom. The van der Waals surface area contributed by atoms with E-state index in [4.69, 9.17) is 0 Å². The number of hydrogen-bond acceptors (Lipinski definition) is 4. The third-order valence-electron chi connectivity index (χ3n) is 3.83. The molecule has 3 rings (SSSR count). The second-order valence-corrected chi connectivity index (χ2v) is 5.75. The molecule has 16 heavy (non-hydrogen) atoms. The van der Waals surface area contributed by atoms with E-state index in [-0.39, 0.29) is 0 Å². The lowest BCUT2D eigenvalue weighted by Gasteiger charge is -2.21. The summed E-state index contributed by atoms with van der Waals surface area (Å²) in [6.07, 6.45) is 7.11. The van der Waals surface area contributed by atoms with Crippen LogP contribution >= 0.6 is 11.3 Å². The molecule has 0 radical (unpaired) electrons. The van der Waals surface area contributed by atoms with E-state index >= 15 is 0 Å². The lowest BCUT2D eigenvalue weighted by molar-refractivity contribution is 0.299. The van der Waals surface area contributed by atoms with Crippen molar-refractivity contribution < 1.29 is 0 Å². The molecule has 2 atom stereocenters. The number of nitrogens with zero attached hydrogens (tertiary/aromatic N) is 2. The van der Waals surface area contributed by atoms with Gasteiger partial charge in [0.2, 0.25) is 0 Å². The van der Waals surface area contributed by atoms with Gasteiger partial charge in [-0.1, -0.05) is 0 Å². The van der Waals surface area contributed by atoms with Crippen molar-refractivity contribution in [2.75, 3.05) is 19.6 Å². The van der Waals surface area contributed by atoms with Gasteiger partial charge in [-0.3, -0.25) is 4.90 Å². The van der Waals surface area contributed by atoms with Gasteiger partial charge in [0.25, 0.3) is 0 Å². The monoisotopic (exact) mass is 237 g/mol. The van der Waals surface area contributed by atoms with Crippen molar-refractivity contribution in [2.45, 2.75) is 37.8 Å². The van der Waals surface area contributed by atoms with Gasteiger partial charge in [0.05, 0.1) is 5.01 Å². The van der Waals surface area contributed by atoms with Gasteiger partial charge in [-0.25, -0.2) is 4.98 Å². The first-order chi connectivity index (χ1) is 7.93. The molecule has 0 aliphatic carbocycles. The van der Waals surface area contributed by atoms with Crippen LogP contribution in [0.15, 0.2) is 11.6 Å². The summed E-state index contributed by atoms with van der Waals surface area (Å²) in [5, 5.41) is 7.03. The van der Waals surface area contributed by atoms with Gasteiger partial charge in [0.15, 0.2) is 0 Å². The van der Waals surface area contributed by atoms with E-state index in [1.165, 1.54) is 37.4 Å². The Balaban J connectivity index is 1.45. The minimum atomic E-state index is 0.738. The molecule has 0 saturated carbocycles. The van der Waals surface area contributed by atoms with Crippen LogP contribution in [0, 0.1) is 0 Å². The maximum atomic E-state index is 4.31. The van der Waals surface area contributed by atoms with Crippen molar-refractivity contribution >= 4 is 11.3 Å². The summed E-state index contributed by atoms with van der Waals surface area (Å²) in [6.45, 7) is 3.72. The van der Waals surface area contributed by atoms with E-state index in [0.29, 0.717) is 0 Å². The Hall–Kier alpha value is -0.450. The highest BCUT2D eigenvalue weighted by Gasteiger charge is 2.36. The maximum absolute atomic E-state index is 4.31. The first-order valence-corrected chi connectivity index (χ1v) is 7.17. The van der Waals surface area contributed by atoms with Crippen LogP contribution in [0.2, 0.25) is 0 Å². The molecular formula is C12H19N3S. The van der Waals surface area contributed by atoms with E-state index < -0.39 is 0 Å². The summed E-state index contributed by atoms with van der Waals surface area (Å²) < 4.78 is 0. The van der Waals surface area contributed by atoms with Gasteiger partial charge in [-0.2, -0.15) is 0 Å². The topological polar surface area (TPSA) is 28.2 Å². The fourth-order valence-electron chi connectivity index (χ4n) is 3.06. The summed E-state index contributed by atoms with van der Waals surface area (Å²) in [5.74, 6) is 0. The highest BCUT2D eigenvalue weighted by Crippen LogP contribution is 2.27. The number of hydrogen-bond donors (Lipinski definition) is 1. The van der Waals surface area contributed by atoms with Crippen LogP contribution in [-0.2, 0) is 6.42 Å². The SMILES string of the molecule is c1csc(CCNC2CCN3CCCC23)n1. The predicted octanol–water partition coefficient (Wildman–Crippen LogP) is 1.51. The van der Waals surface area contributed by atoms with Crippen molar-refractivity contribution in [3.05, 3.63) is 16.6 Å². The van der Waals surface area contributed by atoms with Gasteiger partial charge in [0.1, 0.15) is 0 Å². The molecule has 2 fully saturated rings. The first kappa shape index (κ1) is 10.7. The summed E-state index contributed by atoms with van der Waals surface area (Å²) in [6, 6.07) is 1.57. The molecule has 0 aromatic carbocycles. The molecule has 2 aliphatic rings. The van der Waals surface area contributed by atoms with Gasteiger partial charge >= 0.3 is 0 Å². The average Bonchev–Trinajstić information content (AvgIpc) is 2.95. The molecule has 2 aliphatic heterocycles. The fraction of sp³-hybridized carbons (Fsp3) is 0.750. The van der Waals surface area contributed by atoms with E-state index in [0.717, 1.165) is 25.0 Å². The van der Waals surface area contributed by atoms with Crippen molar-refractivity contribution in [2.24, 2.45) is 0 Å². The van der Waals surface area contributed by atoms with Crippen molar-refractivity contribution in [1.29, 1.82) is 0 Å². The molecule has 3 heterocycles. The Morgan fingerprint density at radius 2 is 2.44 bits per heavy atom. The zero-order valence-corrected chi connectivity index (χ0v) is 10.4. The van der Waals surface area contributed by atoms with Crippen LogP contribution in [-0.4, -0.2) is 41.6 Å². The number of fused-ring (bicyclic) bond motifs is 1. The van der Waals surface area contributed by atoms with E-state index in [1.54, 1.807) is 11.3 Å². The number of aromatic nitrogens is 1. The smallest absolute Gasteiger partial charge is 0.0937 e. The first-order valence-electron chi connectivity index (χ1n) is 6.29. The largest absolute Gasteiger partial charge is 0.312 e. The van der Waals surface area contributed by atoms with Crippen molar-refractivity contribution in [3.63, 3.8) is 0 Å². The molecular weight excluding hydrogens is 218 g/mol. The molecule has 1 N–H and O–H groups in total. The van der Waals surface area contributed by atoms with E-state index in [2.05, 4.69) is 20.6 Å². The van der Waals surface area contributed by atoms with Crippen LogP contribution in [0.4, 0.5) is 0 Å². The van der Waals surface area contributed by atoms with Crippen LogP contribution in [0.3, 0.4) is 0 Å². The molecule has 88 valence electrons. The molecule has 1 aromatic heterocycles. The third-order valence-corrected chi connectivity index (χ3v) is 4.67. The molecule has 2 unspecified atom stereocenters. The highest BCUT2D eigenvalue weighted by molar-refractivity contribution is 7.09. The minimum absolute atomic E-state index is 0.738. The second kappa shape index (κ2) is 4.82. The zero-order chi connectivity index (χ0) is 10.8. The predicted molar refractivity (Wildman–Crippen MR) is 66.8 cm³/mol. The summed E-state index contributed by atoms with van der Waals surface area (Å²) in [7, 11) is 0. The molecule has 4 heteroatoms. The standard InChI is InChI=1S/C12H19N3S/c1-2-11-10(4-8-15(11)7-1)13-5-3-12-14-6-9-16-12/h6,9-11,13H,1-5,7-8H2.